The van der Waals surface area contributed by atoms with Crippen molar-refractivity contribution in [2.75, 3.05) is 0 Å². The highest BCUT2D eigenvalue weighted by atomic mass is 35.5. The number of hydrogen-bond donors (Lipinski definition) is 1. The molecule has 0 saturated carbocycles. The van der Waals surface area contributed by atoms with Crippen LogP contribution in [0, 0.1) is 12.7 Å². The van der Waals surface area contributed by atoms with E-state index < -0.39 is 5.82 Å². The molecule has 0 spiro atoms. The number of hydrogen-bond acceptors (Lipinski definition) is 1. The molecule has 0 aromatic heterocycles. The van der Waals surface area contributed by atoms with Crippen LogP contribution in [-0.2, 0) is 0 Å². The maximum atomic E-state index is 12.7. The molecule has 54 valence electrons. The Bertz CT molecular complexity index is 237. The summed E-state index contributed by atoms with van der Waals surface area (Å²) in [5.74, 6) is -0.483. The van der Waals surface area contributed by atoms with E-state index >= 15 is 0 Å². The molecule has 10 heavy (non-hydrogen) atoms. The van der Waals surface area contributed by atoms with Gasteiger partial charge in [-0.3, -0.25) is 0 Å². The zero-order chi connectivity index (χ0) is 7.72. The number of phenols is 1. The minimum absolute atomic E-state index is 0.0103. The molecule has 1 aromatic rings. The lowest BCUT2D eigenvalue weighted by atomic mass is 10.2. The number of rotatable bonds is 0. The van der Waals surface area contributed by atoms with Crippen molar-refractivity contribution in [2.45, 2.75) is 6.92 Å². The van der Waals surface area contributed by atoms with E-state index in [0.29, 0.717) is 5.56 Å². The Labute approximate surface area is 63.1 Å². The molecular weight excluding hydrogens is 155 g/mol. The van der Waals surface area contributed by atoms with E-state index in [0.717, 1.165) is 0 Å². The molecular formula is C7H6ClFO. The number of aromatic hydroxyl groups is 1. The Morgan fingerprint density at radius 1 is 1.50 bits per heavy atom. The van der Waals surface area contributed by atoms with Crippen LogP contribution in [0.5, 0.6) is 5.75 Å². The molecule has 0 atom stereocenters. The predicted octanol–water partition coefficient (Wildman–Crippen LogP) is 2.49. The van der Waals surface area contributed by atoms with Crippen molar-refractivity contribution in [3.05, 3.63) is 28.5 Å². The van der Waals surface area contributed by atoms with Gasteiger partial charge in [-0.1, -0.05) is 11.6 Å². The number of phenolic OH excluding ortho intramolecular Hbond substituents is 1. The van der Waals surface area contributed by atoms with E-state index in [1.165, 1.54) is 12.1 Å². The van der Waals surface area contributed by atoms with Crippen molar-refractivity contribution in [1.82, 2.24) is 0 Å². The average Bonchev–Trinajstić information content (AvgIpc) is 1.82. The predicted molar refractivity (Wildman–Crippen MR) is 37.8 cm³/mol. The summed E-state index contributed by atoms with van der Waals surface area (Å²) < 4.78 is 12.7. The molecule has 0 fully saturated rings. The number of benzene rings is 1. The zero-order valence-corrected chi connectivity index (χ0v) is 6.11. The molecule has 1 rings (SSSR count). The first-order valence-corrected chi connectivity index (χ1v) is 3.13. The second-order valence-electron chi connectivity index (χ2n) is 2.06. The molecule has 0 bridgehead atoms. The largest absolute Gasteiger partial charge is 0.508 e. The fourth-order valence-electron chi connectivity index (χ4n) is 0.708. The van der Waals surface area contributed by atoms with Crippen LogP contribution in [0.3, 0.4) is 0 Å². The Kier molecular flexibility index (Phi) is 1.81. The summed E-state index contributed by atoms with van der Waals surface area (Å²) in [5, 5.41) is 8.82. The zero-order valence-electron chi connectivity index (χ0n) is 5.36. The van der Waals surface area contributed by atoms with Crippen LogP contribution in [-0.4, -0.2) is 5.11 Å². The van der Waals surface area contributed by atoms with Gasteiger partial charge in [-0.05, 0) is 18.6 Å². The third kappa shape index (κ3) is 1.21. The van der Waals surface area contributed by atoms with Gasteiger partial charge in [0.25, 0.3) is 0 Å². The van der Waals surface area contributed by atoms with Gasteiger partial charge in [-0.25, -0.2) is 4.39 Å². The van der Waals surface area contributed by atoms with Gasteiger partial charge in [-0.15, -0.1) is 0 Å². The van der Waals surface area contributed by atoms with Gasteiger partial charge in [0.15, 0.2) is 0 Å². The molecule has 0 heterocycles. The maximum absolute atomic E-state index is 12.7. The van der Waals surface area contributed by atoms with Gasteiger partial charge >= 0.3 is 0 Å². The van der Waals surface area contributed by atoms with E-state index in [2.05, 4.69) is 0 Å². The molecule has 0 aliphatic rings. The molecule has 1 N–H and O–H groups in total. The lowest BCUT2D eigenvalue weighted by Gasteiger charge is -1.98. The van der Waals surface area contributed by atoms with Crippen molar-refractivity contribution in [3.63, 3.8) is 0 Å². The molecule has 0 unspecified atom stereocenters. The van der Waals surface area contributed by atoms with Crippen molar-refractivity contribution >= 4 is 11.6 Å². The average molecular weight is 161 g/mol. The van der Waals surface area contributed by atoms with Crippen LogP contribution in [0.2, 0.25) is 5.02 Å². The summed E-state index contributed by atoms with van der Waals surface area (Å²) in [7, 11) is 0. The standard InChI is InChI=1S/C7H6ClFO/c1-4-2-5(10)3-6(8)7(4)9/h2-3,10H,1H3. The van der Waals surface area contributed by atoms with Gasteiger partial charge in [0.05, 0.1) is 5.02 Å². The monoisotopic (exact) mass is 160 g/mol. The minimum atomic E-state index is -0.473. The van der Waals surface area contributed by atoms with Crippen molar-refractivity contribution in [2.24, 2.45) is 0 Å². The SMILES string of the molecule is Cc1cc(O)cc(Cl)c1F. The molecule has 3 heteroatoms. The Hall–Kier alpha value is -0.760. The Morgan fingerprint density at radius 2 is 2.10 bits per heavy atom. The molecule has 0 amide bonds. The summed E-state index contributed by atoms with van der Waals surface area (Å²) >= 11 is 5.38. The maximum Gasteiger partial charge on any atom is 0.144 e. The Balaban J connectivity index is 3.31. The summed E-state index contributed by atoms with van der Waals surface area (Å²) in [6.07, 6.45) is 0. The first-order valence-electron chi connectivity index (χ1n) is 2.76. The summed E-state index contributed by atoms with van der Waals surface area (Å²) in [6, 6.07) is 2.49. The molecule has 1 nitrogen and oxygen atoms in total. The molecule has 0 aliphatic heterocycles. The third-order valence-electron chi connectivity index (χ3n) is 1.19. The van der Waals surface area contributed by atoms with Gasteiger partial charge in [0.1, 0.15) is 11.6 Å². The van der Waals surface area contributed by atoms with E-state index in [1.54, 1.807) is 6.92 Å². The fraction of sp³-hybridized carbons (Fsp3) is 0.143. The fourth-order valence-corrected chi connectivity index (χ4v) is 0.969. The van der Waals surface area contributed by atoms with Gasteiger partial charge in [-0.2, -0.15) is 0 Å². The summed E-state index contributed by atoms with van der Waals surface area (Å²) in [6.45, 7) is 1.54. The molecule has 0 aliphatic carbocycles. The highest BCUT2D eigenvalue weighted by Crippen LogP contribution is 2.23. The van der Waals surface area contributed by atoms with Crippen molar-refractivity contribution in [3.8, 4) is 5.75 Å². The van der Waals surface area contributed by atoms with Gasteiger partial charge in [0, 0.05) is 6.07 Å². The second-order valence-corrected chi connectivity index (χ2v) is 2.47. The topological polar surface area (TPSA) is 20.2 Å². The highest BCUT2D eigenvalue weighted by molar-refractivity contribution is 6.30. The quantitative estimate of drug-likeness (QED) is 0.618. The molecule has 0 radical (unpaired) electrons. The van der Waals surface area contributed by atoms with Crippen LogP contribution < -0.4 is 0 Å². The Morgan fingerprint density at radius 3 is 2.60 bits per heavy atom. The summed E-state index contributed by atoms with van der Waals surface area (Å²) in [5.41, 5.74) is 0.352. The first kappa shape index (κ1) is 7.35. The number of aryl methyl sites for hydroxylation is 1. The lowest BCUT2D eigenvalue weighted by molar-refractivity contribution is 0.472. The van der Waals surface area contributed by atoms with Crippen LogP contribution in [0.15, 0.2) is 12.1 Å². The van der Waals surface area contributed by atoms with E-state index in [4.69, 9.17) is 16.7 Å². The second kappa shape index (κ2) is 2.46. The van der Waals surface area contributed by atoms with E-state index in [1.807, 2.05) is 0 Å². The molecule has 1 aromatic carbocycles. The van der Waals surface area contributed by atoms with Crippen molar-refractivity contribution < 1.29 is 9.50 Å². The summed E-state index contributed by atoms with van der Waals surface area (Å²) in [4.78, 5) is 0. The third-order valence-corrected chi connectivity index (χ3v) is 1.47. The minimum Gasteiger partial charge on any atom is -0.508 e. The highest BCUT2D eigenvalue weighted by Gasteiger charge is 2.03. The smallest absolute Gasteiger partial charge is 0.144 e. The lowest BCUT2D eigenvalue weighted by Crippen LogP contribution is -1.82. The van der Waals surface area contributed by atoms with Crippen LogP contribution in [0.4, 0.5) is 4.39 Å². The van der Waals surface area contributed by atoms with Crippen molar-refractivity contribution in [1.29, 1.82) is 0 Å². The molecule has 0 saturated heterocycles. The normalized spacial score (nSPS) is 9.90. The van der Waals surface area contributed by atoms with Gasteiger partial charge in [0.2, 0.25) is 0 Å². The van der Waals surface area contributed by atoms with Gasteiger partial charge < -0.3 is 5.11 Å². The van der Waals surface area contributed by atoms with E-state index in [9.17, 15) is 4.39 Å². The first-order chi connectivity index (χ1) is 4.61. The van der Waals surface area contributed by atoms with Crippen LogP contribution in [0.25, 0.3) is 0 Å². The number of halogens is 2. The van der Waals surface area contributed by atoms with Crippen LogP contribution in [0.1, 0.15) is 5.56 Å². The van der Waals surface area contributed by atoms with E-state index in [-0.39, 0.29) is 10.8 Å². The van der Waals surface area contributed by atoms with Crippen LogP contribution >= 0.6 is 11.6 Å².